The lowest BCUT2D eigenvalue weighted by atomic mass is 9.98. The number of carbonyl (C=O) groups excluding carboxylic acids is 1. The predicted molar refractivity (Wildman–Crippen MR) is 176 cm³/mol. The molecule has 1 amide bonds. The standard InChI is InChI=1S/C35H32BrN3O2S/c1-23-8-9-24(2)27(18-23)20-38-21-34(30-6-4-5-7-32(30)38)42-22-35(40)39-33(26-12-16-29(41-3)17-13-26)19-31(37-39)25-10-14-28(36)15-11-25/h4-18,21,33H,19-20,22H2,1-3H3. The third-order valence-corrected chi connectivity index (χ3v) is 9.35. The topological polar surface area (TPSA) is 46.8 Å². The van der Waals surface area contributed by atoms with Crippen molar-refractivity contribution in [1.82, 2.24) is 9.58 Å². The number of hydrogen-bond acceptors (Lipinski definition) is 4. The van der Waals surface area contributed by atoms with E-state index in [9.17, 15) is 4.79 Å². The second-order valence-corrected chi connectivity index (χ2v) is 12.6. The lowest BCUT2D eigenvalue weighted by Gasteiger charge is -2.22. The molecule has 5 aromatic rings. The van der Waals surface area contributed by atoms with Crippen LogP contribution < -0.4 is 4.74 Å². The maximum Gasteiger partial charge on any atom is 0.253 e. The van der Waals surface area contributed by atoms with Crippen molar-refractivity contribution in [2.45, 2.75) is 37.8 Å². The summed E-state index contributed by atoms with van der Waals surface area (Å²) in [6.45, 7) is 5.08. The number of hydrogen-bond donors (Lipinski definition) is 0. The fourth-order valence-corrected chi connectivity index (χ4v) is 6.67. The van der Waals surface area contributed by atoms with Gasteiger partial charge in [0.15, 0.2) is 0 Å². The minimum Gasteiger partial charge on any atom is -0.497 e. The summed E-state index contributed by atoms with van der Waals surface area (Å²) in [6, 6.07) is 30.9. The fraction of sp³-hybridized carbons (Fsp3) is 0.200. The molecule has 6 rings (SSSR count). The molecule has 0 radical (unpaired) electrons. The van der Waals surface area contributed by atoms with E-state index in [1.54, 1.807) is 23.9 Å². The van der Waals surface area contributed by atoms with Gasteiger partial charge in [0.2, 0.25) is 0 Å². The van der Waals surface area contributed by atoms with Gasteiger partial charge < -0.3 is 9.30 Å². The molecule has 1 unspecified atom stereocenters. The molecule has 1 aliphatic rings. The molecule has 0 fully saturated rings. The van der Waals surface area contributed by atoms with Crippen molar-refractivity contribution >= 4 is 50.2 Å². The zero-order chi connectivity index (χ0) is 29.2. The van der Waals surface area contributed by atoms with E-state index in [2.05, 4.69) is 83.0 Å². The highest BCUT2D eigenvalue weighted by Gasteiger charge is 2.33. The zero-order valence-electron chi connectivity index (χ0n) is 23.9. The van der Waals surface area contributed by atoms with Gasteiger partial charge in [0, 0.05) is 39.4 Å². The van der Waals surface area contributed by atoms with Gasteiger partial charge in [0.05, 0.1) is 24.6 Å². The highest BCUT2D eigenvalue weighted by atomic mass is 79.9. The Bertz CT molecular complexity index is 1780. The SMILES string of the molecule is COc1ccc(C2CC(c3ccc(Br)cc3)=NN2C(=O)CSc2cn(Cc3cc(C)ccc3C)c3ccccc23)cc1. The number of amides is 1. The number of hydrazone groups is 1. The molecule has 0 N–H and O–H groups in total. The summed E-state index contributed by atoms with van der Waals surface area (Å²) in [6.07, 6.45) is 2.84. The van der Waals surface area contributed by atoms with Crippen LogP contribution in [-0.4, -0.2) is 34.1 Å². The Hall–Kier alpha value is -3.81. The minimum absolute atomic E-state index is 0.0145. The van der Waals surface area contributed by atoms with Gasteiger partial charge >= 0.3 is 0 Å². The number of nitrogens with zero attached hydrogens (tertiary/aromatic N) is 3. The predicted octanol–water partition coefficient (Wildman–Crippen LogP) is 8.55. The molecule has 212 valence electrons. The first-order valence-electron chi connectivity index (χ1n) is 14.0. The Balaban J connectivity index is 1.26. The lowest BCUT2D eigenvalue weighted by molar-refractivity contribution is -0.130. The van der Waals surface area contributed by atoms with Gasteiger partial charge in [-0.1, -0.05) is 82.2 Å². The van der Waals surface area contributed by atoms with Crippen LogP contribution in [0.5, 0.6) is 5.75 Å². The van der Waals surface area contributed by atoms with Crippen molar-refractivity contribution in [1.29, 1.82) is 0 Å². The van der Waals surface area contributed by atoms with E-state index in [1.807, 2.05) is 48.5 Å². The number of methoxy groups -OCH3 is 1. The van der Waals surface area contributed by atoms with Crippen LogP contribution >= 0.6 is 27.7 Å². The van der Waals surface area contributed by atoms with Gasteiger partial charge in [-0.15, -0.1) is 11.8 Å². The second kappa shape index (κ2) is 12.2. The molecule has 42 heavy (non-hydrogen) atoms. The van der Waals surface area contributed by atoms with E-state index in [1.165, 1.54) is 22.2 Å². The number of aryl methyl sites for hydroxylation is 2. The van der Waals surface area contributed by atoms with Gasteiger partial charge in [0.25, 0.3) is 5.91 Å². The van der Waals surface area contributed by atoms with E-state index in [-0.39, 0.29) is 11.9 Å². The number of fused-ring (bicyclic) bond motifs is 1. The van der Waals surface area contributed by atoms with E-state index in [0.717, 1.165) is 43.9 Å². The molecular formula is C35H32BrN3O2S. The molecule has 4 aromatic carbocycles. The van der Waals surface area contributed by atoms with Crippen LogP contribution in [0, 0.1) is 13.8 Å². The number of carbonyl (C=O) groups is 1. The molecule has 0 spiro atoms. The third-order valence-electron chi connectivity index (χ3n) is 7.79. The molecule has 0 bridgehead atoms. The Morgan fingerprint density at radius 3 is 2.52 bits per heavy atom. The number of aromatic nitrogens is 1. The second-order valence-electron chi connectivity index (χ2n) is 10.6. The van der Waals surface area contributed by atoms with Crippen molar-refractivity contribution < 1.29 is 9.53 Å². The van der Waals surface area contributed by atoms with E-state index < -0.39 is 0 Å². The molecule has 7 heteroatoms. The first kappa shape index (κ1) is 28.3. The average molecular weight is 639 g/mol. The first-order chi connectivity index (χ1) is 20.4. The highest BCUT2D eigenvalue weighted by molar-refractivity contribution is 9.10. The number of rotatable bonds is 8. The highest BCUT2D eigenvalue weighted by Crippen LogP contribution is 2.36. The quantitative estimate of drug-likeness (QED) is 0.160. The summed E-state index contributed by atoms with van der Waals surface area (Å²) in [4.78, 5) is 14.9. The van der Waals surface area contributed by atoms with Gasteiger partial charge in [0.1, 0.15) is 5.75 Å². The van der Waals surface area contributed by atoms with Crippen molar-refractivity contribution in [3.63, 3.8) is 0 Å². The molecule has 2 heterocycles. The van der Waals surface area contributed by atoms with E-state index >= 15 is 0 Å². The molecule has 1 aliphatic heterocycles. The maximum atomic E-state index is 13.8. The summed E-state index contributed by atoms with van der Waals surface area (Å²) < 4.78 is 8.67. The molecule has 0 saturated heterocycles. The van der Waals surface area contributed by atoms with Crippen molar-refractivity contribution in [2.75, 3.05) is 12.9 Å². The van der Waals surface area contributed by atoms with Crippen molar-refractivity contribution in [2.24, 2.45) is 5.10 Å². The number of thioether (sulfide) groups is 1. The van der Waals surface area contributed by atoms with Crippen LogP contribution in [0.4, 0.5) is 0 Å². The normalized spacial score (nSPS) is 14.8. The van der Waals surface area contributed by atoms with Gasteiger partial charge in [-0.05, 0) is 66.4 Å². The Morgan fingerprint density at radius 2 is 1.76 bits per heavy atom. The molecule has 5 nitrogen and oxygen atoms in total. The fourth-order valence-electron chi connectivity index (χ4n) is 5.46. The number of benzene rings is 4. The number of halogens is 1. The van der Waals surface area contributed by atoms with Crippen LogP contribution in [0.25, 0.3) is 10.9 Å². The Labute approximate surface area is 259 Å². The molecule has 1 atom stereocenters. The van der Waals surface area contributed by atoms with Crippen LogP contribution in [0.2, 0.25) is 0 Å². The Morgan fingerprint density at radius 1 is 1.00 bits per heavy atom. The van der Waals surface area contributed by atoms with Crippen LogP contribution in [-0.2, 0) is 11.3 Å². The smallest absolute Gasteiger partial charge is 0.253 e. The van der Waals surface area contributed by atoms with Crippen LogP contribution in [0.3, 0.4) is 0 Å². The van der Waals surface area contributed by atoms with Crippen molar-refractivity contribution in [3.05, 3.63) is 129 Å². The Kier molecular flexibility index (Phi) is 8.22. The van der Waals surface area contributed by atoms with Crippen LogP contribution in [0.1, 0.15) is 40.3 Å². The summed E-state index contributed by atoms with van der Waals surface area (Å²) in [7, 11) is 1.66. The largest absolute Gasteiger partial charge is 0.497 e. The van der Waals surface area contributed by atoms with Gasteiger partial charge in [-0.25, -0.2) is 5.01 Å². The van der Waals surface area contributed by atoms with E-state index in [4.69, 9.17) is 9.84 Å². The van der Waals surface area contributed by atoms with Crippen LogP contribution in [0.15, 0.2) is 112 Å². The molecule has 0 saturated carbocycles. The zero-order valence-corrected chi connectivity index (χ0v) is 26.3. The average Bonchev–Trinajstić information content (AvgIpc) is 3.61. The number of para-hydroxylation sites is 1. The van der Waals surface area contributed by atoms with Gasteiger partial charge in [-0.2, -0.15) is 5.10 Å². The van der Waals surface area contributed by atoms with E-state index in [0.29, 0.717) is 12.2 Å². The maximum absolute atomic E-state index is 13.8. The molecular weight excluding hydrogens is 606 g/mol. The lowest BCUT2D eigenvalue weighted by Crippen LogP contribution is -2.28. The summed E-state index contributed by atoms with van der Waals surface area (Å²) in [5.41, 5.74) is 7.98. The van der Waals surface area contributed by atoms with Gasteiger partial charge in [-0.3, -0.25) is 4.79 Å². The first-order valence-corrected chi connectivity index (χ1v) is 15.7. The summed E-state index contributed by atoms with van der Waals surface area (Å²) >= 11 is 5.10. The summed E-state index contributed by atoms with van der Waals surface area (Å²) in [5, 5.41) is 7.72. The number of ether oxygens (including phenoxy) is 1. The molecule has 1 aromatic heterocycles. The van der Waals surface area contributed by atoms with Crippen molar-refractivity contribution in [3.8, 4) is 5.75 Å². The third kappa shape index (κ3) is 5.90. The summed E-state index contributed by atoms with van der Waals surface area (Å²) in [5.74, 6) is 1.07. The minimum atomic E-state index is -0.173. The molecule has 0 aliphatic carbocycles. The monoisotopic (exact) mass is 637 g/mol.